The molecule has 0 radical (unpaired) electrons. The average Bonchev–Trinajstić information content (AvgIpc) is 3.32. The third-order valence-electron chi connectivity index (χ3n) is 10.7. The molecule has 304 valence electrons. The molecule has 62 heavy (non-hydrogen) atoms. The molecule has 0 atom stereocenters. The Morgan fingerprint density at radius 2 is 0.532 bits per heavy atom. The second kappa shape index (κ2) is 19.4. The van der Waals surface area contributed by atoms with Crippen LogP contribution in [0.2, 0.25) is 0 Å². The highest BCUT2D eigenvalue weighted by molar-refractivity contribution is 5.83. The van der Waals surface area contributed by atoms with E-state index >= 15 is 0 Å². The summed E-state index contributed by atoms with van der Waals surface area (Å²) in [5.41, 5.74) is 14.3. The van der Waals surface area contributed by atoms with E-state index in [1.165, 1.54) is 22.5 Å². The minimum atomic E-state index is 0.229. The van der Waals surface area contributed by atoms with Crippen molar-refractivity contribution in [2.75, 3.05) is 26.6 Å². The highest BCUT2D eigenvalue weighted by atomic mass is 16.3. The van der Waals surface area contributed by atoms with Gasteiger partial charge in [-0.15, -0.1) is 0 Å². The van der Waals surface area contributed by atoms with Crippen LogP contribution in [0.4, 0.5) is 62.6 Å². The van der Waals surface area contributed by atoms with E-state index < -0.39 is 0 Å². The van der Waals surface area contributed by atoms with Gasteiger partial charge in [0.1, 0.15) is 5.75 Å². The molecule has 1 N–H and O–H groups in total. The molecule has 5 nitrogen and oxygen atoms in total. The summed E-state index contributed by atoms with van der Waals surface area (Å²) in [6.07, 6.45) is 0. The smallest absolute Gasteiger partial charge is 0.117 e. The number of phenols is 1. The van der Waals surface area contributed by atoms with Gasteiger partial charge in [-0.3, -0.25) is 0 Å². The third-order valence-corrected chi connectivity index (χ3v) is 10.7. The van der Waals surface area contributed by atoms with Crippen molar-refractivity contribution < 1.29 is 5.11 Å². The summed E-state index contributed by atoms with van der Waals surface area (Å²) in [6.45, 7) is 4.24. The minimum Gasteiger partial charge on any atom is -0.508 e. The lowest BCUT2D eigenvalue weighted by Gasteiger charge is -2.29. The fourth-order valence-electron chi connectivity index (χ4n) is 7.61. The lowest BCUT2D eigenvalue weighted by Crippen LogP contribution is -2.13. The van der Waals surface area contributed by atoms with Crippen LogP contribution in [0.5, 0.6) is 5.75 Å². The lowest BCUT2D eigenvalue weighted by molar-refractivity contribution is 0.475. The molecule has 9 aromatic rings. The van der Waals surface area contributed by atoms with E-state index in [1.807, 2.05) is 48.5 Å². The highest BCUT2D eigenvalue weighted by Crippen LogP contribution is 2.41. The topological polar surface area (TPSA) is 33.2 Å². The predicted molar refractivity (Wildman–Crippen MR) is 263 cm³/mol. The molecule has 0 unspecified atom stereocenters. The van der Waals surface area contributed by atoms with Crippen molar-refractivity contribution in [1.82, 2.24) is 0 Å². The van der Waals surface area contributed by atoms with E-state index in [0.717, 1.165) is 51.2 Å². The molecular formula is C57H50N4O. The maximum Gasteiger partial charge on any atom is 0.117 e. The predicted octanol–water partition coefficient (Wildman–Crippen LogP) is 15.9. The van der Waals surface area contributed by atoms with Crippen LogP contribution in [0.25, 0.3) is 0 Å². The van der Waals surface area contributed by atoms with Crippen LogP contribution in [0.1, 0.15) is 11.1 Å². The molecule has 0 spiro atoms. The molecule has 0 aromatic heterocycles. The molecule has 0 heterocycles. The number of benzene rings is 9. The molecule has 9 rings (SSSR count). The fraction of sp³-hybridized carbons (Fsp3) is 0.0526. The van der Waals surface area contributed by atoms with Gasteiger partial charge >= 0.3 is 0 Å². The van der Waals surface area contributed by atoms with Crippen molar-refractivity contribution in [3.63, 3.8) is 0 Å². The zero-order valence-electron chi connectivity index (χ0n) is 35.3. The monoisotopic (exact) mass is 806 g/mol. The lowest BCUT2D eigenvalue weighted by atomic mass is 10.1. The maximum atomic E-state index is 10.3. The number of aromatic hydroxyl groups is 1. The van der Waals surface area contributed by atoms with Crippen LogP contribution >= 0.6 is 0 Å². The Morgan fingerprint density at radius 3 is 0.903 bits per heavy atom. The number of nitrogens with zero attached hydrogens (tertiary/aromatic N) is 4. The Balaban J connectivity index is 0.000000297. The molecule has 0 amide bonds. The van der Waals surface area contributed by atoms with E-state index in [4.69, 9.17) is 0 Å². The molecule has 5 heteroatoms. The van der Waals surface area contributed by atoms with Gasteiger partial charge in [0.25, 0.3) is 0 Å². The van der Waals surface area contributed by atoms with Gasteiger partial charge in [0.15, 0.2) is 0 Å². The van der Waals surface area contributed by atoms with Crippen LogP contribution < -0.4 is 19.6 Å². The fourth-order valence-corrected chi connectivity index (χ4v) is 7.61. The number of rotatable bonds is 11. The number of para-hydroxylation sites is 4. The first-order valence-corrected chi connectivity index (χ1v) is 20.9. The van der Waals surface area contributed by atoms with Crippen LogP contribution in [-0.2, 0) is 0 Å². The van der Waals surface area contributed by atoms with Gasteiger partial charge in [0.2, 0.25) is 0 Å². The Labute approximate surface area is 366 Å². The van der Waals surface area contributed by atoms with Gasteiger partial charge in [-0.2, -0.15) is 0 Å². The molecule has 0 fully saturated rings. The van der Waals surface area contributed by atoms with Gasteiger partial charge < -0.3 is 24.7 Å². The van der Waals surface area contributed by atoms with Crippen LogP contribution in [0.15, 0.2) is 243 Å². The van der Waals surface area contributed by atoms with Crippen molar-refractivity contribution in [3.8, 4) is 5.75 Å². The number of phenolic OH excluding ortho intramolecular Hbond substituents is 1. The second-order valence-electron chi connectivity index (χ2n) is 15.1. The van der Waals surface area contributed by atoms with Crippen molar-refractivity contribution in [2.24, 2.45) is 0 Å². The summed E-state index contributed by atoms with van der Waals surface area (Å²) in [5.74, 6) is 0.229. The van der Waals surface area contributed by atoms with Crippen molar-refractivity contribution in [2.45, 2.75) is 13.8 Å². The largest absolute Gasteiger partial charge is 0.508 e. The first kappa shape index (κ1) is 40.7. The van der Waals surface area contributed by atoms with Crippen molar-refractivity contribution >= 4 is 62.6 Å². The van der Waals surface area contributed by atoms with Gasteiger partial charge in [-0.1, -0.05) is 103 Å². The zero-order valence-corrected chi connectivity index (χ0v) is 35.3. The summed E-state index contributed by atoms with van der Waals surface area (Å²) in [5, 5.41) is 10.3. The standard InChI is InChI=1S/C43H35N3O.C14H15N/c1-33-13-11-20-41(31-33)45(35-16-7-3-8-17-35)39-27-23-37(24-28-39)44(34-14-5-2-6-15-34)38-25-29-40(30-26-38)46(36-18-9-4-10-19-36)42-21-12-22-43(47)32-42;1-12-7-6-10-14(11-12)15(2)13-8-4-3-5-9-13/h2-32,47H,1H3;3-11H,1-2H3. The number of hydrogen-bond acceptors (Lipinski definition) is 5. The van der Waals surface area contributed by atoms with Crippen LogP contribution in [0.3, 0.4) is 0 Å². The van der Waals surface area contributed by atoms with Gasteiger partial charge in [0, 0.05) is 75.7 Å². The van der Waals surface area contributed by atoms with E-state index in [1.54, 1.807) is 12.1 Å². The van der Waals surface area contributed by atoms with E-state index in [2.05, 4.69) is 222 Å². The van der Waals surface area contributed by atoms with Gasteiger partial charge in [-0.25, -0.2) is 0 Å². The van der Waals surface area contributed by atoms with Gasteiger partial charge in [0.05, 0.1) is 0 Å². The van der Waals surface area contributed by atoms with E-state index in [0.29, 0.717) is 0 Å². The summed E-state index contributed by atoms with van der Waals surface area (Å²) in [4.78, 5) is 8.90. The first-order valence-electron chi connectivity index (χ1n) is 20.9. The number of anilines is 11. The SMILES string of the molecule is Cc1cccc(N(C)c2ccccc2)c1.Cc1cccc(N(c2ccccc2)c2ccc(N(c3ccccc3)c3ccc(N(c4ccccc4)c4cccc(O)c4)cc3)cc2)c1. The van der Waals surface area contributed by atoms with E-state index in [-0.39, 0.29) is 5.75 Å². The molecule has 0 aliphatic carbocycles. The third kappa shape index (κ3) is 9.71. The van der Waals surface area contributed by atoms with Crippen molar-refractivity contribution in [3.05, 3.63) is 254 Å². The molecule has 9 aromatic carbocycles. The molecule has 0 saturated heterocycles. The molecule has 0 aliphatic heterocycles. The summed E-state index contributed by atoms with van der Waals surface area (Å²) >= 11 is 0. The first-order chi connectivity index (χ1) is 30.4. The molecule has 0 aliphatic rings. The van der Waals surface area contributed by atoms with Crippen LogP contribution in [-0.4, -0.2) is 12.2 Å². The van der Waals surface area contributed by atoms with Gasteiger partial charge in [-0.05, 0) is 158 Å². The van der Waals surface area contributed by atoms with Crippen LogP contribution in [0, 0.1) is 13.8 Å². The minimum absolute atomic E-state index is 0.229. The summed E-state index contributed by atoms with van der Waals surface area (Å²) < 4.78 is 0. The van der Waals surface area contributed by atoms with E-state index in [9.17, 15) is 5.11 Å². The Bertz CT molecular complexity index is 2650. The quantitative estimate of drug-likeness (QED) is 0.141. The highest BCUT2D eigenvalue weighted by Gasteiger charge is 2.18. The number of aryl methyl sites for hydroxylation is 2. The number of hydrogen-bond donors (Lipinski definition) is 1. The second-order valence-corrected chi connectivity index (χ2v) is 15.1. The Kier molecular flexibility index (Phi) is 12.7. The zero-order chi connectivity index (χ0) is 42.7. The molecule has 0 bridgehead atoms. The Hall–Kier alpha value is -8.02. The maximum absolute atomic E-state index is 10.3. The molecule has 0 saturated carbocycles. The normalized spacial score (nSPS) is 10.6. The summed E-state index contributed by atoms with van der Waals surface area (Å²) in [6, 6.07) is 83.3. The summed E-state index contributed by atoms with van der Waals surface area (Å²) in [7, 11) is 2.09. The van der Waals surface area contributed by atoms with Crippen molar-refractivity contribution in [1.29, 1.82) is 0 Å². The molecular weight excluding hydrogens is 757 g/mol. The average molecular weight is 807 g/mol. The Morgan fingerprint density at radius 1 is 0.258 bits per heavy atom.